The maximum absolute atomic E-state index is 14.1. The van der Waals surface area contributed by atoms with Gasteiger partial charge in [-0.3, -0.25) is 13.9 Å². The third-order valence-corrected chi connectivity index (χ3v) is 8.67. The summed E-state index contributed by atoms with van der Waals surface area (Å²) in [5.41, 5.74) is 1.06. The molecule has 40 heavy (non-hydrogen) atoms. The van der Waals surface area contributed by atoms with Gasteiger partial charge in [0.2, 0.25) is 11.8 Å². The van der Waals surface area contributed by atoms with Crippen molar-refractivity contribution in [3.05, 3.63) is 84.4 Å². The Morgan fingerprint density at radius 2 is 1.55 bits per heavy atom. The third kappa shape index (κ3) is 7.79. The highest BCUT2D eigenvalue weighted by Crippen LogP contribution is 2.33. The van der Waals surface area contributed by atoms with Crippen molar-refractivity contribution >= 4 is 39.3 Å². The molecule has 0 fully saturated rings. The van der Waals surface area contributed by atoms with Crippen LogP contribution in [0.1, 0.15) is 33.3 Å². The van der Waals surface area contributed by atoms with Gasteiger partial charge in [-0.15, -0.1) is 11.8 Å². The number of anilines is 1. The Kier molecular flexibility index (Phi) is 11.0. The Labute approximate surface area is 241 Å². The second-order valence-electron chi connectivity index (χ2n) is 9.43. The van der Waals surface area contributed by atoms with E-state index in [1.165, 1.54) is 28.8 Å². The Morgan fingerprint density at radius 1 is 0.925 bits per heavy atom. The number of carbonyl (C=O) groups excluding carboxylic acids is 2. The Morgan fingerprint density at radius 3 is 2.15 bits per heavy atom. The monoisotopic (exact) mass is 583 g/mol. The first-order valence-corrected chi connectivity index (χ1v) is 15.8. The minimum Gasteiger partial charge on any atom is -0.492 e. The predicted molar refractivity (Wildman–Crippen MR) is 160 cm³/mol. The number of sulfonamides is 1. The van der Waals surface area contributed by atoms with Gasteiger partial charge in [-0.1, -0.05) is 42.5 Å². The molecule has 0 aliphatic carbocycles. The molecule has 0 aromatic heterocycles. The van der Waals surface area contributed by atoms with E-state index in [2.05, 4.69) is 5.32 Å². The standard InChI is InChI=1S/C30H37N3O5S2/c1-6-38-28-15-11-10-14-27(28)33(40(36,37)26-18-16-25(39-5)17-19-26)21-29(34)32(20-24-12-8-7-9-13-24)23(4)30(35)31-22(2)3/h7-19,22-23H,6,20-21H2,1-5H3,(H,31,35). The maximum atomic E-state index is 14.1. The van der Waals surface area contributed by atoms with Crippen LogP contribution in [-0.2, 0) is 26.2 Å². The number of carbonyl (C=O) groups is 2. The molecule has 0 heterocycles. The summed E-state index contributed by atoms with van der Waals surface area (Å²) in [4.78, 5) is 29.4. The minimum absolute atomic E-state index is 0.0459. The van der Waals surface area contributed by atoms with Crippen LogP contribution in [0.2, 0.25) is 0 Å². The van der Waals surface area contributed by atoms with Crippen molar-refractivity contribution < 1.29 is 22.7 Å². The molecular formula is C30H37N3O5S2. The van der Waals surface area contributed by atoms with E-state index in [1.54, 1.807) is 50.2 Å². The summed E-state index contributed by atoms with van der Waals surface area (Å²) in [7, 11) is -4.19. The quantitative estimate of drug-likeness (QED) is 0.286. The lowest BCUT2D eigenvalue weighted by atomic mass is 10.1. The minimum atomic E-state index is -4.19. The molecule has 0 aliphatic heterocycles. The fraction of sp³-hybridized carbons (Fsp3) is 0.333. The highest BCUT2D eigenvalue weighted by atomic mass is 32.2. The summed E-state index contributed by atoms with van der Waals surface area (Å²) in [6, 6.07) is 21.6. The lowest BCUT2D eigenvalue weighted by molar-refractivity contribution is -0.139. The molecule has 0 spiro atoms. The smallest absolute Gasteiger partial charge is 0.264 e. The fourth-order valence-corrected chi connectivity index (χ4v) is 5.93. The molecule has 1 unspecified atom stereocenters. The summed E-state index contributed by atoms with van der Waals surface area (Å²) in [6.07, 6.45) is 1.91. The lowest BCUT2D eigenvalue weighted by Gasteiger charge is -2.32. The van der Waals surface area contributed by atoms with Gasteiger partial charge in [-0.2, -0.15) is 0 Å². The summed E-state index contributed by atoms with van der Waals surface area (Å²) in [6.45, 7) is 7.06. The number of nitrogens with one attached hydrogen (secondary N) is 1. The number of amides is 2. The van der Waals surface area contributed by atoms with E-state index < -0.39 is 28.5 Å². The van der Waals surface area contributed by atoms with E-state index in [1.807, 2.05) is 50.4 Å². The van der Waals surface area contributed by atoms with Gasteiger partial charge in [-0.25, -0.2) is 8.42 Å². The van der Waals surface area contributed by atoms with Crippen LogP contribution in [0.25, 0.3) is 0 Å². The molecule has 3 aromatic carbocycles. The van der Waals surface area contributed by atoms with Gasteiger partial charge < -0.3 is 15.0 Å². The molecule has 0 bridgehead atoms. The van der Waals surface area contributed by atoms with E-state index in [9.17, 15) is 18.0 Å². The third-order valence-electron chi connectivity index (χ3n) is 6.15. The van der Waals surface area contributed by atoms with Crippen molar-refractivity contribution in [3.8, 4) is 5.75 Å². The van der Waals surface area contributed by atoms with Gasteiger partial charge in [0.25, 0.3) is 10.0 Å². The topological polar surface area (TPSA) is 96.0 Å². The van der Waals surface area contributed by atoms with Crippen LogP contribution in [0.15, 0.2) is 88.7 Å². The lowest BCUT2D eigenvalue weighted by Crippen LogP contribution is -2.52. The first-order chi connectivity index (χ1) is 19.1. The highest BCUT2D eigenvalue weighted by molar-refractivity contribution is 7.98. The summed E-state index contributed by atoms with van der Waals surface area (Å²) >= 11 is 1.50. The maximum Gasteiger partial charge on any atom is 0.264 e. The van der Waals surface area contributed by atoms with E-state index in [-0.39, 0.29) is 29.1 Å². The zero-order valence-electron chi connectivity index (χ0n) is 23.5. The molecule has 0 saturated carbocycles. The zero-order valence-corrected chi connectivity index (χ0v) is 25.2. The number of rotatable bonds is 13. The van der Waals surface area contributed by atoms with E-state index >= 15 is 0 Å². The average Bonchev–Trinajstić information content (AvgIpc) is 2.95. The number of hydrogen-bond donors (Lipinski definition) is 1. The van der Waals surface area contributed by atoms with Gasteiger partial charge in [0, 0.05) is 17.5 Å². The molecule has 10 heteroatoms. The molecule has 1 N–H and O–H groups in total. The van der Waals surface area contributed by atoms with Gasteiger partial charge in [-0.05, 0) is 75.9 Å². The Hall–Kier alpha value is -3.50. The van der Waals surface area contributed by atoms with Crippen LogP contribution in [0, 0.1) is 0 Å². The molecule has 2 amide bonds. The van der Waals surface area contributed by atoms with E-state index in [0.717, 1.165) is 14.8 Å². The normalized spacial score (nSPS) is 12.1. The first kappa shape index (κ1) is 31.0. The summed E-state index contributed by atoms with van der Waals surface area (Å²) < 4.78 is 35.0. The molecule has 214 valence electrons. The Balaban J connectivity index is 2.07. The molecule has 0 radical (unpaired) electrons. The van der Waals surface area contributed by atoms with Crippen LogP contribution >= 0.6 is 11.8 Å². The summed E-state index contributed by atoms with van der Waals surface area (Å²) in [5, 5.41) is 2.85. The van der Waals surface area contributed by atoms with Crippen LogP contribution in [0.3, 0.4) is 0 Å². The van der Waals surface area contributed by atoms with Gasteiger partial charge in [0.1, 0.15) is 18.3 Å². The number of thioether (sulfide) groups is 1. The average molecular weight is 584 g/mol. The van der Waals surface area contributed by atoms with Crippen molar-refractivity contribution in [1.82, 2.24) is 10.2 Å². The van der Waals surface area contributed by atoms with Crippen molar-refractivity contribution in [1.29, 1.82) is 0 Å². The van der Waals surface area contributed by atoms with Gasteiger partial charge in [0.15, 0.2) is 0 Å². The number of nitrogens with zero attached hydrogens (tertiary/aromatic N) is 2. The molecule has 3 rings (SSSR count). The molecule has 0 saturated heterocycles. The second kappa shape index (κ2) is 14.2. The highest BCUT2D eigenvalue weighted by Gasteiger charge is 2.34. The predicted octanol–water partition coefficient (Wildman–Crippen LogP) is 4.94. The SMILES string of the molecule is CCOc1ccccc1N(CC(=O)N(Cc1ccccc1)C(C)C(=O)NC(C)C)S(=O)(=O)c1ccc(SC)cc1. The number of para-hydroxylation sites is 2. The largest absolute Gasteiger partial charge is 0.492 e. The van der Waals surface area contributed by atoms with Crippen molar-refractivity contribution in [2.75, 3.05) is 23.7 Å². The molecular weight excluding hydrogens is 546 g/mol. The number of ether oxygens (including phenoxy) is 1. The van der Waals surface area contributed by atoms with Crippen molar-refractivity contribution in [2.45, 2.75) is 56.1 Å². The summed E-state index contributed by atoms with van der Waals surface area (Å²) in [5.74, 6) is -0.510. The molecule has 3 aromatic rings. The zero-order chi connectivity index (χ0) is 29.3. The van der Waals surface area contributed by atoms with Gasteiger partial charge >= 0.3 is 0 Å². The molecule has 1 atom stereocenters. The second-order valence-corrected chi connectivity index (χ2v) is 12.2. The van der Waals surface area contributed by atoms with E-state index in [0.29, 0.717) is 12.4 Å². The van der Waals surface area contributed by atoms with Crippen molar-refractivity contribution in [2.24, 2.45) is 0 Å². The fourth-order valence-electron chi connectivity index (χ4n) is 4.10. The van der Waals surface area contributed by atoms with E-state index in [4.69, 9.17) is 4.74 Å². The number of benzene rings is 3. The van der Waals surface area contributed by atoms with Crippen LogP contribution < -0.4 is 14.4 Å². The Bertz CT molecular complexity index is 1380. The van der Waals surface area contributed by atoms with Gasteiger partial charge in [0.05, 0.1) is 17.2 Å². The molecule has 8 nitrogen and oxygen atoms in total. The number of hydrogen-bond acceptors (Lipinski definition) is 6. The van der Waals surface area contributed by atoms with Crippen LogP contribution in [0.4, 0.5) is 5.69 Å². The van der Waals surface area contributed by atoms with Crippen LogP contribution in [0.5, 0.6) is 5.75 Å². The molecule has 0 aliphatic rings. The van der Waals surface area contributed by atoms with Crippen LogP contribution in [-0.4, -0.2) is 56.6 Å². The van der Waals surface area contributed by atoms with Crippen molar-refractivity contribution in [3.63, 3.8) is 0 Å². The first-order valence-electron chi connectivity index (χ1n) is 13.1.